The van der Waals surface area contributed by atoms with E-state index in [0.29, 0.717) is 6.04 Å². The van der Waals surface area contributed by atoms with Gasteiger partial charge in [-0.25, -0.2) is 0 Å². The predicted molar refractivity (Wildman–Crippen MR) is 57.5 cm³/mol. The molecule has 0 amide bonds. The van der Waals surface area contributed by atoms with E-state index >= 15 is 0 Å². The average Bonchev–Trinajstić information content (AvgIpc) is 2.65. The smallest absolute Gasteiger partial charge is 0.00981 e. The topological polar surface area (TPSA) is 12.0 Å². The molecule has 1 rings (SSSR count). The Labute approximate surface area is 82.3 Å². The van der Waals surface area contributed by atoms with E-state index in [1.165, 1.54) is 25.7 Å². The molecular weight excluding hydrogens is 158 g/mol. The molecule has 1 heteroatoms. The summed E-state index contributed by atoms with van der Waals surface area (Å²) in [7, 11) is 0. The highest BCUT2D eigenvalue weighted by molar-refractivity contribution is 4.84. The Morgan fingerprint density at radius 3 is 2.77 bits per heavy atom. The average molecular weight is 179 g/mol. The summed E-state index contributed by atoms with van der Waals surface area (Å²) in [4.78, 5) is 0. The van der Waals surface area contributed by atoms with Crippen LogP contribution in [0.5, 0.6) is 0 Å². The molecule has 74 valence electrons. The zero-order chi connectivity index (χ0) is 9.52. The lowest BCUT2D eigenvalue weighted by Gasteiger charge is -2.19. The van der Waals surface area contributed by atoms with Crippen molar-refractivity contribution in [3.63, 3.8) is 0 Å². The third kappa shape index (κ3) is 3.83. The molecule has 0 spiro atoms. The maximum absolute atomic E-state index is 5.19. The van der Waals surface area contributed by atoms with Gasteiger partial charge >= 0.3 is 0 Å². The van der Waals surface area contributed by atoms with Crippen molar-refractivity contribution in [1.82, 2.24) is 5.32 Å². The van der Waals surface area contributed by atoms with Crippen LogP contribution in [0.2, 0.25) is 0 Å². The minimum Gasteiger partial charge on any atom is -0.314 e. The third-order valence-electron chi connectivity index (χ3n) is 3.07. The van der Waals surface area contributed by atoms with Crippen molar-refractivity contribution >= 4 is 0 Å². The number of rotatable bonds is 5. The van der Waals surface area contributed by atoms with Gasteiger partial charge in [-0.2, -0.15) is 0 Å². The summed E-state index contributed by atoms with van der Waals surface area (Å²) in [5.74, 6) is 3.59. The standard InChI is InChI=1S/C12H21N/c1-3-4-7-10-13-11(2)12-8-5-6-9-12/h1,11-13H,4-10H2,2H3/t11-/m0/s1. The Balaban J connectivity index is 2.03. The third-order valence-corrected chi connectivity index (χ3v) is 3.07. The van der Waals surface area contributed by atoms with Gasteiger partial charge in [0, 0.05) is 12.5 Å². The highest BCUT2D eigenvalue weighted by atomic mass is 14.9. The van der Waals surface area contributed by atoms with Crippen molar-refractivity contribution < 1.29 is 0 Å². The first-order valence-electron chi connectivity index (χ1n) is 5.51. The van der Waals surface area contributed by atoms with Crippen molar-refractivity contribution in [1.29, 1.82) is 0 Å². The molecular formula is C12H21N. The van der Waals surface area contributed by atoms with E-state index in [1.807, 2.05) is 0 Å². The minimum atomic E-state index is 0.695. The Kier molecular flexibility index (Phi) is 4.93. The van der Waals surface area contributed by atoms with Gasteiger partial charge in [-0.05, 0) is 38.6 Å². The fraction of sp³-hybridized carbons (Fsp3) is 0.833. The van der Waals surface area contributed by atoms with Crippen molar-refractivity contribution in [3.8, 4) is 12.3 Å². The number of hydrogen-bond acceptors (Lipinski definition) is 1. The van der Waals surface area contributed by atoms with Gasteiger partial charge in [-0.3, -0.25) is 0 Å². The van der Waals surface area contributed by atoms with E-state index in [9.17, 15) is 0 Å². The van der Waals surface area contributed by atoms with Crippen molar-refractivity contribution in [3.05, 3.63) is 0 Å². The second-order valence-electron chi connectivity index (χ2n) is 4.10. The van der Waals surface area contributed by atoms with E-state index in [1.54, 1.807) is 0 Å². The van der Waals surface area contributed by atoms with Crippen LogP contribution in [-0.2, 0) is 0 Å². The first kappa shape index (κ1) is 10.6. The molecule has 0 saturated heterocycles. The lowest BCUT2D eigenvalue weighted by Crippen LogP contribution is -2.32. The summed E-state index contributed by atoms with van der Waals surface area (Å²) in [5, 5.41) is 3.56. The zero-order valence-corrected chi connectivity index (χ0v) is 8.68. The van der Waals surface area contributed by atoms with Gasteiger partial charge in [0.05, 0.1) is 0 Å². The summed E-state index contributed by atoms with van der Waals surface area (Å²) in [6.45, 7) is 3.40. The van der Waals surface area contributed by atoms with Crippen molar-refractivity contribution in [2.45, 2.75) is 51.5 Å². The molecule has 0 radical (unpaired) electrons. The van der Waals surface area contributed by atoms with E-state index in [0.717, 1.165) is 25.3 Å². The summed E-state index contributed by atoms with van der Waals surface area (Å²) in [6.07, 6.45) is 12.9. The monoisotopic (exact) mass is 179 g/mol. The summed E-state index contributed by atoms with van der Waals surface area (Å²) in [6, 6.07) is 0.695. The van der Waals surface area contributed by atoms with Crippen LogP contribution in [0.1, 0.15) is 45.4 Å². The lowest BCUT2D eigenvalue weighted by atomic mass is 10.00. The van der Waals surface area contributed by atoms with Gasteiger partial charge < -0.3 is 5.32 Å². The van der Waals surface area contributed by atoms with Crippen LogP contribution < -0.4 is 5.32 Å². The van der Waals surface area contributed by atoms with E-state index in [2.05, 4.69) is 18.2 Å². The van der Waals surface area contributed by atoms with Crippen LogP contribution >= 0.6 is 0 Å². The molecule has 0 aromatic rings. The molecule has 1 atom stereocenters. The molecule has 1 fully saturated rings. The van der Waals surface area contributed by atoms with Gasteiger partial charge in [-0.1, -0.05) is 12.8 Å². The largest absolute Gasteiger partial charge is 0.314 e. The Morgan fingerprint density at radius 2 is 2.15 bits per heavy atom. The maximum Gasteiger partial charge on any atom is 0.00981 e. The molecule has 0 aromatic heterocycles. The first-order chi connectivity index (χ1) is 6.34. The second kappa shape index (κ2) is 6.05. The molecule has 0 heterocycles. The minimum absolute atomic E-state index is 0.695. The molecule has 1 aliphatic rings. The van der Waals surface area contributed by atoms with Crippen molar-refractivity contribution in [2.24, 2.45) is 5.92 Å². The molecule has 0 bridgehead atoms. The van der Waals surface area contributed by atoms with E-state index in [4.69, 9.17) is 6.42 Å². The molecule has 1 nitrogen and oxygen atoms in total. The summed E-state index contributed by atoms with van der Waals surface area (Å²) >= 11 is 0. The molecule has 1 N–H and O–H groups in total. The fourth-order valence-electron chi connectivity index (χ4n) is 2.14. The molecule has 13 heavy (non-hydrogen) atoms. The van der Waals surface area contributed by atoms with Gasteiger partial charge in [0.1, 0.15) is 0 Å². The lowest BCUT2D eigenvalue weighted by molar-refractivity contribution is 0.381. The Bertz CT molecular complexity index is 162. The van der Waals surface area contributed by atoms with Crippen LogP contribution in [0.25, 0.3) is 0 Å². The maximum atomic E-state index is 5.19. The summed E-state index contributed by atoms with van der Waals surface area (Å²) < 4.78 is 0. The molecule has 0 aliphatic heterocycles. The Hall–Kier alpha value is -0.480. The van der Waals surface area contributed by atoms with Gasteiger partial charge in [0.15, 0.2) is 0 Å². The van der Waals surface area contributed by atoms with Gasteiger partial charge in [0.25, 0.3) is 0 Å². The molecule has 0 unspecified atom stereocenters. The van der Waals surface area contributed by atoms with Crippen molar-refractivity contribution in [2.75, 3.05) is 6.54 Å². The van der Waals surface area contributed by atoms with Crippen LogP contribution in [-0.4, -0.2) is 12.6 Å². The molecule has 0 aromatic carbocycles. The van der Waals surface area contributed by atoms with Crippen LogP contribution in [0.3, 0.4) is 0 Å². The van der Waals surface area contributed by atoms with E-state index < -0.39 is 0 Å². The fourth-order valence-corrected chi connectivity index (χ4v) is 2.14. The summed E-state index contributed by atoms with van der Waals surface area (Å²) in [5.41, 5.74) is 0. The zero-order valence-electron chi connectivity index (χ0n) is 8.68. The van der Waals surface area contributed by atoms with Gasteiger partial charge in [0.2, 0.25) is 0 Å². The van der Waals surface area contributed by atoms with Crippen LogP contribution in [0.15, 0.2) is 0 Å². The van der Waals surface area contributed by atoms with Crippen LogP contribution in [0, 0.1) is 18.3 Å². The second-order valence-corrected chi connectivity index (χ2v) is 4.10. The predicted octanol–water partition coefficient (Wildman–Crippen LogP) is 2.57. The van der Waals surface area contributed by atoms with Crippen LogP contribution in [0.4, 0.5) is 0 Å². The number of terminal acetylenes is 1. The van der Waals surface area contributed by atoms with E-state index in [-0.39, 0.29) is 0 Å². The van der Waals surface area contributed by atoms with Gasteiger partial charge in [-0.15, -0.1) is 12.3 Å². The Morgan fingerprint density at radius 1 is 1.46 bits per heavy atom. The number of hydrogen-bond donors (Lipinski definition) is 1. The quantitative estimate of drug-likeness (QED) is 0.505. The SMILES string of the molecule is C#CCCCN[C@@H](C)C1CCCC1. The molecule has 1 saturated carbocycles. The molecule has 1 aliphatic carbocycles. The number of unbranched alkanes of at least 4 members (excludes halogenated alkanes) is 1. The highest BCUT2D eigenvalue weighted by Gasteiger charge is 2.20. The normalized spacial score (nSPS) is 20.0. The highest BCUT2D eigenvalue weighted by Crippen LogP contribution is 2.27. The number of nitrogens with one attached hydrogen (secondary N) is 1. The first-order valence-corrected chi connectivity index (χ1v) is 5.51.